The van der Waals surface area contributed by atoms with Crippen molar-refractivity contribution in [3.63, 3.8) is 0 Å². The number of carbonyl (C=O) groups excluding carboxylic acids is 1. The fourth-order valence-electron chi connectivity index (χ4n) is 4.08. The maximum Gasteiger partial charge on any atom is 0.257 e. The summed E-state index contributed by atoms with van der Waals surface area (Å²) in [5.74, 6) is -0.0292. The summed E-state index contributed by atoms with van der Waals surface area (Å²) in [6.07, 6.45) is 2.02. The molecule has 1 amide bonds. The highest BCUT2D eigenvalue weighted by molar-refractivity contribution is 6.32. The van der Waals surface area contributed by atoms with E-state index < -0.39 is 5.82 Å². The number of halogens is 2. The van der Waals surface area contributed by atoms with Gasteiger partial charge in [0.25, 0.3) is 5.91 Å². The first-order valence-electron chi connectivity index (χ1n) is 11.5. The molecule has 4 aromatic rings. The zero-order valence-electron chi connectivity index (χ0n) is 19.6. The topological polar surface area (TPSA) is 71.5 Å². The lowest BCUT2D eigenvalue weighted by molar-refractivity contribution is 0.0731. The first kappa shape index (κ1) is 23.7. The highest BCUT2D eigenvalue weighted by atomic mass is 35.5. The zero-order chi connectivity index (χ0) is 25.1. The van der Waals surface area contributed by atoms with Crippen molar-refractivity contribution in [1.82, 2.24) is 19.9 Å². The summed E-state index contributed by atoms with van der Waals surface area (Å²) in [6, 6.07) is 19.4. The summed E-state index contributed by atoms with van der Waals surface area (Å²) in [6.45, 7) is 1.23. The predicted molar refractivity (Wildman–Crippen MR) is 135 cm³/mol. The van der Waals surface area contributed by atoms with Gasteiger partial charge in [-0.25, -0.2) is 14.4 Å². The van der Waals surface area contributed by atoms with E-state index in [4.69, 9.17) is 21.3 Å². The van der Waals surface area contributed by atoms with Gasteiger partial charge in [0.05, 0.1) is 23.4 Å². The van der Waals surface area contributed by atoms with Crippen LogP contribution < -0.4 is 9.64 Å². The minimum absolute atomic E-state index is 0.0498. The molecule has 9 heteroatoms. The van der Waals surface area contributed by atoms with Gasteiger partial charge in [0.15, 0.2) is 11.6 Å². The first-order valence-corrected chi connectivity index (χ1v) is 11.8. The van der Waals surface area contributed by atoms with Crippen molar-refractivity contribution in [3.8, 4) is 11.6 Å². The monoisotopic (exact) mass is 503 g/mol. The maximum absolute atomic E-state index is 14.5. The number of carbonyl (C=O) groups is 1. The molecule has 2 aromatic heterocycles. The van der Waals surface area contributed by atoms with Gasteiger partial charge >= 0.3 is 0 Å². The number of aromatic nitrogens is 3. The smallest absolute Gasteiger partial charge is 0.257 e. The van der Waals surface area contributed by atoms with Gasteiger partial charge in [0.2, 0.25) is 11.8 Å². The number of benzene rings is 2. The van der Waals surface area contributed by atoms with Gasteiger partial charge in [-0.1, -0.05) is 54.1 Å². The number of hydrogen-bond acceptors (Lipinski definition) is 6. The van der Waals surface area contributed by atoms with Crippen molar-refractivity contribution in [3.05, 3.63) is 106 Å². The number of anilines is 1. The summed E-state index contributed by atoms with van der Waals surface area (Å²) < 4.78 is 20.4. The van der Waals surface area contributed by atoms with E-state index in [2.05, 4.69) is 9.97 Å². The summed E-state index contributed by atoms with van der Waals surface area (Å²) in [7, 11) is 1.89. The van der Waals surface area contributed by atoms with Gasteiger partial charge in [-0.05, 0) is 29.8 Å². The summed E-state index contributed by atoms with van der Waals surface area (Å²) >= 11 is 6.16. The molecule has 0 aliphatic carbocycles. The van der Waals surface area contributed by atoms with Gasteiger partial charge in [-0.3, -0.25) is 4.79 Å². The molecule has 1 aliphatic rings. The lowest BCUT2D eigenvalue weighted by atomic mass is 10.1. The van der Waals surface area contributed by atoms with Crippen molar-refractivity contribution in [2.45, 2.75) is 19.5 Å². The van der Waals surface area contributed by atoms with E-state index in [1.807, 2.05) is 42.3 Å². The third-order valence-electron chi connectivity index (χ3n) is 5.93. The molecule has 5 rings (SSSR count). The third kappa shape index (κ3) is 4.99. The van der Waals surface area contributed by atoms with Crippen LogP contribution in [0.4, 0.5) is 10.3 Å². The molecule has 0 unspecified atom stereocenters. The molecule has 0 fully saturated rings. The average molecular weight is 504 g/mol. The lowest BCUT2D eigenvalue weighted by Crippen LogP contribution is -2.37. The number of amides is 1. The van der Waals surface area contributed by atoms with E-state index in [0.29, 0.717) is 36.6 Å². The van der Waals surface area contributed by atoms with E-state index in [9.17, 15) is 9.18 Å². The molecule has 3 heterocycles. The Hall–Kier alpha value is -4.04. The van der Waals surface area contributed by atoms with Crippen LogP contribution >= 0.6 is 11.6 Å². The predicted octanol–water partition coefficient (Wildman–Crippen LogP) is 5.29. The second kappa shape index (κ2) is 10.3. The van der Waals surface area contributed by atoms with Gasteiger partial charge in [-0.15, -0.1) is 0 Å². The number of ether oxygens (including phenoxy) is 1. The SMILES string of the molecule is CN(Cc1ccccc1)c1nc2c(c(Oc3ccccc3F)n1)CN(C(=O)c1cccnc1Cl)CC2. The van der Waals surface area contributed by atoms with E-state index in [0.717, 1.165) is 11.3 Å². The minimum atomic E-state index is -0.505. The second-order valence-corrected chi connectivity index (χ2v) is 8.80. The quantitative estimate of drug-likeness (QED) is 0.333. The van der Waals surface area contributed by atoms with Gasteiger partial charge in [0, 0.05) is 32.8 Å². The van der Waals surface area contributed by atoms with Crippen LogP contribution in [-0.4, -0.2) is 39.4 Å². The summed E-state index contributed by atoms with van der Waals surface area (Å²) in [5, 5.41) is 0.144. The first-order chi connectivity index (χ1) is 17.5. The molecule has 182 valence electrons. The second-order valence-electron chi connectivity index (χ2n) is 8.45. The number of fused-ring (bicyclic) bond motifs is 1. The van der Waals surface area contributed by atoms with Crippen molar-refractivity contribution in [1.29, 1.82) is 0 Å². The molecule has 0 radical (unpaired) electrons. The molecule has 0 saturated heterocycles. The van der Waals surface area contributed by atoms with Crippen LogP contribution in [0.15, 0.2) is 72.9 Å². The van der Waals surface area contributed by atoms with Crippen LogP contribution in [0.5, 0.6) is 11.6 Å². The lowest BCUT2D eigenvalue weighted by Gasteiger charge is -2.30. The summed E-state index contributed by atoms with van der Waals surface area (Å²) in [4.78, 5) is 30.2. The van der Waals surface area contributed by atoms with Gasteiger partial charge in [-0.2, -0.15) is 4.98 Å². The average Bonchev–Trinajstić information content (AvgIpc) is 2.90. The van der Waals surface area contributed by atoms with Gasteiger partial charge in [0.1, 0.15) is 5.15 Å². The van der Waals surface area contributed by atoms with Crippen molar-refractivity contribution >= 4 is 23.5 Å². The Labute approximate surface area is 213 Å². The number of para-hydroxylation sites is 1. The minimum Gasteiger partial charge on any atom is -0.435 e. The molecule has 0 saturated carbocycles. The van der Waals surface area contributed by atoms with E-state index in [1.54, 1.807) is 35.2 Å². The Kier molecular flexibility index (Phi) is 6.77. The van der Waals surface area contributed by atoms with Crippen LogP contribution in [0.1, 0.15) is 27.2 Å². The molecule has 0 N–H and O–H groups in total. The zero-order valence-corrected chi connectivity index (χ0v) is 20.3. The normalized spacial score (nSPS) is 12.7. The summed E-state index contributed by atoms with van der Waals surface area (Å²) in [5.41, 5.74) is 2.81. The number of pyridine rings is 1. The molecular weight excluding hydrogens is 481 g/mol. The highest BCUT2D eigenvalue weighted by Gasteiger charge is 2.29. The number of hydrogen-bond donors (Lipinski definition) is 0. The highest BCUT2D eigenvalue weighted by Crippen LogP contribution is 2.33. The van der Waals surface area contributed by atoms with Gasteiger partial charge < -0.3 is 14.5 Å². The molecule has 36 heavy (non-hydrogen) atoms. The Morgan fingerprint density at radius 2 is 1.86 bits per heavy atom. The van der Waals surface area contributed by atoms with E-state index in [1.165, 1.54) is 12.3 Å². The standard InChI is InChI=1S/C27H23ClFN5O2/c1-33(16-18-8-3-2-4-9-18)27-31-22-13-15-34(26(35)19-10-7-14-30-24(19)28)17-20(22)25(32-27)36-23-12-6-5-11-21(23)29/h2-12,14H,13,15-17H2,1H3. The maximum atomic E-state index is 14.5. The van der Waals surface area contributed by atoms with Crippen LogP contribution in [0.3, 0.4) is 0 Å². The van der Waals surface area contributed by atoms with Crippen molar-refractivity contribution in [2.75, 3.05) is 18.5 Å². The molecule has 0 spiro atoms. The molecule has 0 atom stereocenters. The number of rotatable bonds is 6. The Morgan fingerprint density at radius 3 is 2.64 bits per heavy atom. The van der Waals surface area contributed by atoms with E-state index >= 15 is 0 Å². The van der Waals surface area contributed by atoms with Crippen molar-refractivity contribution < 1.29 is 13.9 Å². The molecule has 7 nitrogen and oxygen atoms in total. The molecular formula is C27H23ClFN5O2. The molecule has 1 aliphatic heterocycles. The molecule has 0 bridgehead atoms. The van der Waals surface area contributed by atoms with Crippen LogP contribution in [0, 0.1) is 5.82 Å². The third-order valence-corrected chi connectivity index (χ3v) is 6.24. The van der Waals surface area contributed by atoms with Crippen LogP contribution in [0.2, 0.25) is 5.15 Å². The van der Waals surface area contributed by atoms with E-state index in [-0.39, 0.29) is 29.2 Å². The Morgan fingerprint density at radius 1 is 1.08 bits per heavy atom. The largest absolute Gasteiger partial charge is 0.435 e. The fourth-order valence-corrected chi connectivity index (χ4v) is 4.28. The Balaban J connectivity index is 1.49. The molecule has 2 aromatic carbocycles. The fraction of sp³-hybridized carbons (Fsp3) is 0.185. The van der Waals surface area contributed by atoms with Crippen LogP contribution in [-0.2, 0) is 19.5 Å². The number of nitrogens with zero attached hydrogens (tertiary/aromatic N) is 5. The van der Waals surface area contributed by atoms with Crippen molar-refractivity contribution in [2.24, 2.45) is 0 Å². The van der Waals surface area contributed by atoms with Crippen LogP contribution in [0.25, 0.3) is 0 Å². The Bertz CT molecular complexity index is 1400.